The number of anilines is 2. The van der Waals surface area contributed by atoms with Crippen LogP contribution >= 0.6 is 0 Å². The predicted octanol–water partition coefficient (Wildman–Crippen LogP) is 5.65. The van der Waals surface area contributed by atoms with Crippen LogP contribution in [0.1, 0.15) is 11.1 Å². The number of nitrogens with one attached hydrogen (secondary N) is 2. The quantitative estimate of drug-likeness (QED) is 0.368. The minimum absolute atomic E-state index is 0.228. The number of aromatic amines is 1. The first kappa shape index (κ1) is 20.7. The fourth-order valence-corrected chi connectivity index (χ4v) is 3.81. The van der Waals surface area contributed by atoms with Gasteiger partial charge in [0.25, 0.3) is 0 Å². The Kier molecular flexibility index (Phi) is 4.85. The molecule has 33 heavy (non-hydrogen) atoms. The van der Waals surface area contributed by atoms with Crippen LogP contribution in [0, 0.1) is 6.92 Å². The van der Waals surface area contributed by atoms with Crippen molar-refractivity contribution in [3.8, 4) is 16.9 Å². The molecular formula is C23H17F3N6O. The number of aromatic nitrogens is 5. The molecule has 0 fully saturated rings. The van der Waals surface area contributed by atoms with Gasteiger partial charge < -0.3 is 10.1 Å². The summed E-state index contributed by atoms with van der Waals surface area (Å²) in [5.74, 6) is 0.137. The molecule has 166 valence electrons. The number of hydrogen-bond donors (Lipinski definition) is 2. The van der Waals surface area contributed by atoms with Crippen LogP contribution in [0.15, 0.2) is 55.1 Å². The Labute approximate surface area is 185 Å². The van der Waals surface area contributed by atoms with Crippen LogP contribution in [0.2, 0.25) is 0 Å². The van der Waals surface area contributed by atoms with Gasteiger partial charge in [-0.2, -0.15) is 18.3 Å². The van der Waals surface area contributed by atoms with Gasteiger partial charge >= 0.3 is 6.18 Å². The molecule has 0 saturated carbocycles. The van der Waals surface area contributed by atoms with Gasteiger partial charge in [0.15, 0.2) is 5.65 Å². The smallest absolute Gasteiger partial charge is 0.420 e. The average molecular weight is 450 g/mol. The van der Waals surface area contributed by atoms with Gasteiger partial charge in [0.2, 0.25) is 0 Å². The largest absolute Gasteiger partial charge is 0.496 e. The Morgan fingerprint density at radius 2 is 1.85 bits per heavy atom. The fraction of sp³-hybridized carbons (Fsp3) is 0.130. The molecule has 0 radical (unpaired) electrons. The van der Waals surface area contributed by atoms with Gasteiger partial charge in [0.05, 0.1) is 24.4 Å². The molecule has 0 unspecified atom stereocenters. The van der Waals surface area contributed by atoms with Crippen molar-refractivity contribution in [2.45, 2.75) is 13.1 Å². The number of halogens is 3. The van der Waals surface area contributed by atoms with Crippen molar-refractivity contribution < 1.29 is 17.9 Å². The van der Waals surface area contributed by atoms with Gasteiger partial charge in [-0.05, 0) is 42.8 Å². The van der Waals surface area contributed by atoms with Gasteiger partial charge in [0.1, 0.15) is 17.9 Å². The number of pyridine rings is 1. The molecular weight excluding hydrogens is 433 g/mol. The number of ether oxygens (including phenoxy) is 1. The third-order valence-electron chi connectivity index (χ3n) is 5.36. The van der Waals surface area contributed by atoms with Gasteiger partial charge in [-0.15, -0.1) is 0 Å². The molecule has 10 heteroatoms. The Bertz CT molecular complexity index is 1500. The normalized spacial score (nSPS) is 11.8. The number of methoxy groups -OCH3 is 1. The van der Waals surface area contributed by atoms with Crippen molar-refractivity contribution in [3.05, 3.63) is 66.2 Å². The number of fused-ring (bicyclic) bond motifs is 2. The molecule has 3 heterocycles. The van der Waals surface area contributed by atoms with Crippen LogP contribution in [0.25, 0.3) is 33.1 Å². The van der Waals surface area contributed by atoms with Crippen LogP contribution in [-0.4, -0.2) is 32.3 Å². The molecule has 0 amide bonds. The molecule has 0 spiro atoms. The van der Waals surface area contributed by atoms with Crippen molar-refractivity contribution in [3.63, 3.8) is 0 Å². The number of benzene rings is 2. The molecule has 0 aliphatic heterocycles. The first-order chi connectivity index (χ1) is 15.8. The molecule has 0 saturated heterocycles. The topological polar surface area (TPSA) is 88.6 Å². The summed E-state index contributed by atoms with van der Waals surface area (Å²) in [6.45, 7) is 1.96. The Morgan fingerprint density at radius 3 is 2.64 bits per heavy atom. The standard InChI is InChI=1S/C23H17F3N6O/c1-12-3-5-16-20(19(12)13-7-14-10-30-32-21(14)27-9-13)28-11-29-22(16)31-15-4-6-18(33-2)17(8-15)23(24,25)26/h3-11H,1-2H3,(H,27,30,32)(H,28,29,31). The number of H-pyrrole nitrogens is 1. The van der Waals surface area contributed by atoms with Gasteiger partial charge in [-0.25, -0.2) is 15.0 Å². The number of aryl methyl sites for hydroxylation is 1. The van der Waals surface area contributed by atoms with Crippen LogP contribution < -0.4 is 10.1 Å². The highest BCUT2D eigenvalue weighted by Gasteiger charge is 2.34. The molecule has 5 rings (SSSR count). The van der Waals surface area contributed by atoms with Crippen LogP contribution in [0.3, 0.4) is 0 Å². The predicted molar refractivity (Wildman–Crippen MR) is 118 cm³/mol. The minimum Gasteiger partial charge on any atom is -0.496 e. The maximum atomic E-state index is 13.4. The van der Waals surface area contributed by atoms with E-state index < -0.39 is 11.7 Å². The zero-order valence-electron chi connectivity index (χ0n) is 17.5. The van der Waals surface area contributed by atoms with Crippen molar-refractivity contribution in [2.75, 3.05) is 12.4 Å². The lowest BCUT2D eigenvalue weighted by atomic mass is 9.98. The summed E-state index contributed by atoms with van der Waals surface area (Å²) >= 11 is 0. The molecule has 0 bridgehead atoms. The highest BCUT2D eigenvalue weighted by Crippen LogP contribution is 2.39. The van der Waals surface area contributed by atoms with Crippen molar-refractivity contribution in [1.82, 2.24) is 25.1 Å². The lowest BCUT2D eigenvalue weighted by molar-refractivity contribution is -0.138. The summed E-state index contributed by atoms with van der Waals surface area (Å²) in [4.78, 5) is 13.2. The van der Waals surface area contributed by atoms with E-state index in [1.165, 1.54) is 25.6 Å². The Hall–Kier alpha value is -4.21. The number of nitrogens with zero attached hydrogens (tertiary/aromatic N) is 4. The first-order valence-electron chi connectivity index (χ1n) is 9.91. The molecule has 0 atom stereocenters. The highest BCUT2D eigenvalue weighted by molar-refractivity contribution is 6.01. The highest BCUT2D eigenvalue weighted by atomic mass is 19.4. The summed E-state index contributed by atoms with van der Waals surface area (Å²) in [6, 6.07) is 9.50. The van der Waals surface area contributed by atoms with Crippen LogP contribution in [0.5, 0.6) is 5.75 Å². The maximum Gasteiger partial charge on any atom is 0.420 e. The van der Waals surface area contributed by atoms with E-state index in [2.05, 4.69) is 30.5 Å². The van der Waals surface area contributed by atoms with E-state index in [0.29, 0.717) is 22.4 Å². The zero-order valence-corrected chi connectivity index (χ0v) is 17.5. The maximum absolute atomic E-state index is 13.4. The van der Waals surface area contributed by atoms with E-state index in [1.807, 2.05) is 25.1 Å². The van der Waals surface area contributed by atoms with Crippen LogP contribution in [0.4, 0.5) is 24.7 Å². The number of rotatable bonds is 4. The van der Waals surface area contributed by atoms with Crippen molar-refractivity contribution in [2.24, 2.45) is 0 Å². The lowest BCUT2D eigenvalue weighted by Crippen LogP contribution is -2.08. The first-order valence-corrected chi connectivity index (χ1v) is 9.91. The average Bonchev–Trinajstić information content (AvgIpc) is 3.26. The second kappa shape index (κ2) is 7.73. The summed E-state index contributed by atoms with van der Waals surface area (Å²) in [7, 11) is 1.20. The second-order valence-electron chi connectivity index (χ2n) is 7.45. The molecule has 3 aromatic heterocycles. The van der Waals surface area contributed by atoms with E-state index in [9.17, 15) is 13.2 Å². The molecule has 2 aromatic carbocycles. The fourth-order valence-electron chi connectivity index (χ4n) is 3.81. The van der Waals surface area contributed by atoms with Gasteiger partial charge in [-0.3, -0.25) is 5.10 Å². The van der Waals surface area contributed by atoms with E-state index >= 15 is 0 Å². The Balaban J connectivity index is 1.62. The molecule has 5 aromatic rings. The van der Waals surface area contributed by atoms with E-state index in [1.54, 1.807) is 12.4 Å². The zero-order chi connectivity index (χ0) is 23.2. The minimum atomic E-state index is -4.56. The third kappa shape index (κ3) is 3.69. The van der Waals surface area contributed by atoms with Gasteiger partial charge in [-0.1, -0.05) is 6.07 Å². The van der Waals surface area contributed by atoms with Gasteiger partial charge in [0, 0.05) is 33.8 Å². The van der Waals surface area contributed by atoms with E-state index in [4.69, 9.17) is 4.74 Å². The molecule has 0 aliphatic carbocycles. The van der Waals surface area contributed by atoms with E-state index in [0.717, 1.165) is 28.1 Å². The van der Waals surface area contributed by atoms with Crippen molar-refractivity contribution in [1.29, 1.82) is 0 Å². The molecule has 0 aliphatic rings. The summed E-state index contributed by atoms with van der Waals surface area (Å²) in [6.07, 6.45) is 0.248. The monoisotopic (exact) mass is 450 g/mol. The lowest BCUT2D eigenvalue weighted by Gasteiger charge is -2.16. The Morgan fingerprint density at radius 1 is 1.00 bits per heavy atom. The SMILES string of the molecule is COc1ccc(Nc2ncnc3c(-c4cnc5[nH]ncc5c4)c(C)ccc23)cc1C(F)(F)F. The van der Waals surface area contributed by atoms with Crippen LogP contribution in [-0.2, 0) is 6.18 Å². The molecule has 2 N–H and O–H groups in total. The third-order valence-corrected chi connectivity index (χ3v) is 5.36. The summed E-state index contributed by atoms with van der Waals surface area (Å²) in [5.41, 5.74) is 3.37. The molecule has 7 nitrogen and oxygen atoms in total. The second-order valence-corrected chi connectivity index (χ2v) is 7.45. The number of hydrogen-bond acceptors (Lipinski definition) is 6. The van der Waals surface area contributed by atoms with E-state index in [-0.39, 0.29) is 11.4 Å². The summed E-state index contributed by atoms with van der Waals surface area (Å²) in [5, 5.41) is 11.3. The number of alkyl halides is 3. The van der Waals surface area contributed by atoms with Crippen molar-refractivity contribution >= 4 is 33.4 Å². The summed E-state index contributed by atoms with van der Waals surface area (Å²) < 4.78 is 45.2.